The Morgan fingerprint density at radius 2 is 1.56 bits per heavy atom. The molecule has 13 heteroatoms. The quantitative estimate of drug-likeness (QED) is 0.162. The number of aromatic nitrogens is 8. The van der Waals surface area contributed by atoms with Gasteiger partial charge >= 0.3 is 5.69 Å². The second kappa shape index (κ2) is 13.7. The van der Waals surface area contributed by atoms with Crippen molar-refractivity contribution < 1.29 is 0 Å². The number of H-pyrrole nitrogens is 1. The minimum absolute atomic E-state index is 0.0261. The molecule has 222 valence electrons. The number of aromatic amines is 1. The second-order valence-corrected chi connectivity index (χ2v) is 10.1. The SMILES string of the molecule is CCCn1c(=O)c2c(nc(Cc3nnn[nH]3)n2CC(N(CC)CC)N(CC)CC)n(CCc2ccc(N)cc2)c1=O. The molecule has 3 aromatic heterocycles. The lowest BCUT2D eigenvalue weighted by molar-refractivity contribution is 0.0438. The summed E-state index contributed by atoms with van der Waals surface area (Å²) >= 11 is 0. The topological polar surface area (TPSA) is 149 Å². The van der Waals surface area contributed by atoms with Crippen LogP contribution in [-0.2, 0) is 32.5 Å². The van der Waals surface area contributed by atoms with Crippen LogP contribution in [0.3, 0.4) is 0 Å². The Morgan fingerprint density at radius 1 is 0.902 bits per heavy atom. The summed E-state index contributed by atoms with van der Waals surface area (Å²) in [7, 11) is 0. The van der Waals surface area contributed by atoms with Gasteiger partial charge in [-0.3, -0.25) is 23.7 Å². The highest BCUT2D eigenvalue weighted by atomic mass is 16.2. The average molecular weight is 566 g/mol. The van der Waals surface area contributed by atoms with E-state index in [9.17, 15) is 9.59 Å². The maximum absolute atomic E-state index is 14.0. The average Bonchev–Trinajstić information content (AvgIpc) is 3.61. The summed E-state index contributed by atoms with van der Waals surface area (Å²) in [6.07, 6.45) is 1.57. The third kappa shape index (κ3) is 6.41. The van der Waals surface area contributed by atoms with Crippen LogP contribution in [0, 0.1) is 0 Å². The van der Waals surface area contributed by atoms with Crippen molar-refractivity contribution in [2.45, 2.75) is 79.7 Å². The lowest BCUT2D eigenvalue weighted by Gasteiger charge is -2.38. The molecular weight excluding hydrogens is 522 g/mol. The van der Waals surface area contributed by atoms with Crippen molar-refractivity contribution in [1.82, 2.24) is 49.1 Å². The molecule has 0 bridgehead atoms. The number of nitrogens with one attached hydrogen (secondary N) is 1. The van der Waals surface area contributed by atoms with Gasteiger partial charge in [-0.25, -0.2) is 14.9 Å². The molecule has 0 fully saturated rings. The van der Waals surface area contributed by atoms with Crippen molar-refractivity contribution in [3.63, 3.8) is 0 Å². The monoisotopic (exact) mass is 565 g/mol. The molecule has 4 aromatic rings. The van der Waals surface area contributed by atoms with Crippen molar-refractivity contribution in [2.75, 3.05) is 31.9 Å². The molecule has 0 amide bonds. The van der Waals surface area contributed by atoms with Gasteiger partial charge < -0.3 is 10.3 Å². The van der Waals surface area contributed by atoms with Crippen molar-refractivity contribution in [1.29, 1.82) is 0 Å². The Hall–Kier alpha value is -3.84. The molecule has 0 saturated heterocycles. The summed E-state index contributed by atoms with van der Waals surface area (Å²) in [5.41, 5.74) is 7.76. The highest BCUT2D eigenvalue weighted by Crippen LogP contribution is 2.19. The van der Waals surface area contributed by atoms with Gasteiger partial charge in [0, 0.05) is 18.8 Å². The number of imidazole rings is 1. The van der Waals surface area contributed by atoms with Crippen LogP contribution >= 0.6 is 0 Å². The van der Waals surface area contributed by atoms with Crippen LogP contribution in [0.25, 0.3) is 11.2 Å². The van der Waals surface area contributed by atoms with Gasteiger partial charge in [-0.15, -0.1) is 5.10 Å². The van der Waals surface area contributed by atoms with Crippen LogP contribution in [-0.4, -0.2) is 81.5 Å². The molecular formula is C28H43N11O2. The highest BCUT2D eigenvalue weighted by Gasteiger charge is 2.28. The van der Waals surface area contributed by atoms with Crippen molar-refractivity contribution in [3.8, 4) is 0 Å². The highest BCUT2D eigenvalue weighted by molar-refractivity contribution is 5.71. The van der Waals surface area contributed by atoms with E-state index in [1.165, 1.54) is 4.57 Å². The summed E-state index contributed by atoms with van der Waals surface area (Å²) in [6, 6.07) is 7.62. The number of tetrazole rings is 1. The number of hydrogen-bond acceptors (Lipinski definition) is 9. The van der Waals surface area contributed by atoms with Crippen molar-refractivity contribution in [3.05, 3.63) is 62.3 Å². The molecule has 13 nitrogen and oxygen atoms in total. The third-order valence-electron chi connectivity index (χ3n) is 7.77. The van der Waals surface area contributed by atoms with Gasteiger partial charge in [0.1, 0.15) is 5.82 Å². The van der Waals surface area contributed by atoms with E-state index in [1.807, 2.05) is 35.8 Å². The lowest BCUT2D eigenvalue weighted by atomic mass is 10.1. The predicted molar refractivity (Wildman–Crippen MR) is 160 cm³/mol. The summed E-state index contributed by atoms with van der Waals surface area (Å²) in [5.74, 6) is 1.17. The van der Waals surface area contributed by atoms with E-state index in [2.05, 4.69) is 58.1 Å². The first-order valence-corrected chi connectivity index (χ1v) is 14.6. The number of nitrogens with zero attached hydrogens (tertiary/aromatic N) is 9. The van der Waals surface area contributed by atoms with Gasteiger partial charge in [-0.1, -0.05) is 46.8 Å². The fraction of sp³-hybridized carbons (Fsp3) is 0.571. The second-order valence-electron chi connectivity index (χ2n) is 10.1. The number of nitrogen functional groups attached to an aromatic ring is 1. The van der Waals surface area contributed by atoms with Crippen LogP contribution in [0.2, 0.25) is 0 Å². The van der Waals surface area contributed by atoms with E-state index in [0.717, 1.165) is 31.7 Å². The number of aryl methyl sites for hydroxylation is 2. The van der Waals surface area contributed by atoms with Crippen LogP contribution in [0.15, 0.2) is 33.9 Å². The number of benzene rings is 1. The summed E-state index contributed by atoms with van der Waals surface area (Å²) in [4.78, 5) is 37.5. The number of hydrogen-bond donors (Lipinski definition) is 2. The number of anilines is 1. The zero-order valence-electron chi connectivity index (χ0n) is 24.9. The molecule has 3 N–H and O–H groups in total. The van der Waals surface area contributed by atoms with Gasteiger partial charge in [0.25, 0.3) is 5.56 Å². The van der Waals surface area contributed by atoms with Crippen LogP contribution < -0.4 is 17.0 Å². The van der Waals surface area contributed by atoms with Gasteiger partial charge in [0.05, 0.1) is 19.1 Å². The summed E-state index contributed by atoms with van der Waals surface area (Å²) < 4.78 is 4.99. The molecule has 0 aliphatic carbocycles. The van der Waals surface area contributed by atoms with Gasteiger partial charge in [0.15, 0.2) is 17.0 Å². The molecule has 0 unspecified atom stereocenters. The van der Waals surface area contributed by atoms with E-state index in [-0.39, 0.29) is 17.4 Å². The van der Waals surface area contributed by atoms with Crippen molar-refractivity contribution in [2.24, 2.45) is 0 Å². The Bertz CT molecular complexity index is 1500. The molecule has 0 atom stereocenters. The first-order chi connectivity index (χ1) is 19.9. The molecule has 0 spiro atoms. The van der Waals surface area contributed by atoms with E-state index in [4.69, 9.17) is 10.7 Å². The fourth-order valence-electron chi connectivity index (χ4n) is 5.53. The van der Waals surface area contributed by atoms with E-state index < -0.39 is 0 Å². The standard InChI is InChI=1S/C28H43N11O2/c1-6-16-38-27(40)25-26(37(28(38)41)17-15-20-11-13-21(29)14-12-20)30-23(18-22-31-33-34-32-22)39(25)19-24(35(7-2)8-3)36(9-4)10-5/h11-14,24H,6-10,15-19,29H2,1-5H3,(H,31,32,33,34). The molecule has 3 heterocycles. The number of likely N-dealkylation sites (N-methyl/N-ethyl adjacent to an activating group) is 2. The zero-order valence-corrected chi connectivity index (χ0v) is 24.9. The molecule has 0 radical (unpaired) electrons. The molecule has 0 aliphatic heterocycles. The Kier molecular flexibility index (Phi) is 10.1. The predicted octanol–water partition coefficient (Wildman–Crippen LogP) is 1.71. The number of fused-ring (bicyclic) bond motifs is 1. The van der Waals surface area contributed by atoms with Gasteiger partial charge in [-0.05, 0) is 67.1 Å². The van der Waals surface area contributed by atoms with Crippen molar-refractivity contribution >= 4 is 16.9 Å². The maximum atomic E-state index is 14.0. The first-order valence-electron chi connectivity index (χ1n) is 14.6. The molecule has 0 aliphatic rings. The minimum Gasteiger partial charge on any atom is -0.399 e. The number of rotatable bonds is 15. The fourth-order valence-corrected chi connectivity index (χ4v) is 5.53. The minimum atomic E-state index is -0.346. The van der Waals surface area contributed by atoms with E-state index in [0.29, 0.717) is 67.4 Å². The smallest absolute Gasteiger partial charge is 0.332 e. The zero-order chi connectivity index (χ0) is 29.5. The summed E-state index contributed by atoms with van der Waals surface area (Å²) in [5, 5.41) is 14.3. The molecule has 1 aromatic carbocycles. The Labute approximate surface area is 240 Å². The van der Waals surface area contributed by atoms with Gasteiger partial charge in [-0.2, -0.15) is 0 Å². The lowest BCUT2D eigenvalue weighted by Crippen LogP contribution is -2.51. The summed E-state index contributed by atoms with van der Waals surface area (Å²) in [6.45, 7) is 15.2. The van der Waals surface area contributed by atoms with E-state index in [1.54, 1.807) is 4.57 Å². The maximum Gasteiger partial charge on any atom is 0.332 e. The van der Waals surface area contributed by atoms with Crippen LogP contribution in [0.5, 0.6) is 0 Å². The molecule has 41 heavy (non-hydrogen) atoms. The normalized spacial score (nSPS) is 12.0. The molecule has 0 saturated carbocycles. The van der Waals surface area contributed by atoms with E-state index >= 15 is 0 Å². The largest absolute Gasteiger partial charge is 0.399 e. The first kappa shape index (κ1) is 30.1. The number of nitrogens with two attached hydrogens (primary N) is 1. The third-order valence-corrected chi connectivity index (χ3v) is 7.77. The van der Waals surface area contributed by atoms with Crippen LogP contribution in [0.4, 0.5) is 5.69 Å². The Balaban J connectivity index is 1.93. The van der Waals surface area contributed by atoms with Crippen LogP contribution in [0.1, 0.15) is 58.3 Å². The molecule has 4 rings (SSSR count). The Morgan fingerprint density at radius 3 is 2.12 bits per heavy atom. The van der Waals surface area contributed by atoms with Gasteiger partial charge in [0.2, 0.25) is 0 Å².